The van der Waals surface area contributed by atoms with Crippen molar-refractivity contribution in [3.8, 4) is 0 Å². The van der Waals surface area contributed by atoms with Crippen LogP contribution in [0.25, 0.3) is 0 Å². The monoisotopic (exact) mass is 203 g/mol. The van der Waals surface area contributed by atoms with Gasteiger partial charge < -0.3 is 5.11 Å². The Kier molecular flexibility index (Phi) is 3.25. The van der Waals surface area contributed by atoms with Crippen molar-refractivity contribution < 1.29 is 9.90 Å². The molecule has 0 saturated carbocycles. The highest BCUT2D eigenvalue weighted by molar-refractivity contribution is 7.98. The number of benzene rings is 1. The number of carboxylic acid groups (broad SMARTS) is 1. The first-order valence-electron chi connectivity index (χ1n) is 3.10. The van der Waals surface area contributed by atoms with Gasteiger partial charge in [-0.25, -0.2) is 4.79 Å². The number of hydrogen-bond acceptors (Lipinski definition) is 2. The second kappa shape index (κ2) is 4.23. The third-order valence-electron chi connectivity index (χ3n) is 1.07. The maximum Gasteiger partial charge on any atom is 0.415 e. The van der Waals surface area contributed by atoms with E-state index in [9.17, 15) is 4.79 Å². The molecule has 12 heavy (non-hydrogen) atoms. The molecule has 1 rings (SSSR count). The van der Waals surface area contributed by atoms with Crippen LogP contribution in [0.3, 0.4) is 0 Å². The quantitative estimate of drug-likeness (QED) is 0.727. The van der Waals surface area contributed by atoms with E-state index in [1.807, 2.05) is 0 Å². The van der Waals surface area contributed by atoms with Crippen LogP contribution >= 0.6 is 23.5 Å². The highest BCUT2D eigenvalue weighted by Crippen LogP contribution is 2.17. The fourth-order valence-electron chi connectivity index (χ4n) is 0.605. The summed E-state index contributed by atoms with van der Waals surface area (Å²) in [5.74, 6) is 0. The zero-order chi connectivity index (χ0) is 8.97. The lowest BCUT2D eigenvalue weighted by Crippen LogP contribution is -2.10. The number of nitrogens with one attached hydrogen (secondary N) is 1. The highest BCUT2D eigenvalue weighted by Gasteiger charge is 1.96. The van der Waals surface area contributed by atoms with Gasteiger partial charge in [-0.2, -0.15) is 0 Å². The minimum absolute atomic E-state index is 0.634. The van der Waals surface area contributed by atoms with Gasteiger partial charge in [-0.3, -0.25) is 4.72 Å². The van der Waals surface area contributed by atoms with E-state index < -0.39 is 6.09 Å². The van der Waals surface area contributed by atoms with Crippen molar-refractivity contribution in [3.63, 3.8) is 0 Å². The first kappa shape index (κ1) is 9.22. The standard InChI is InChI=1S/C7H6ClNO2S/c8-5-1-3-6(4-2-5)12-9-7(10)11/h1-4,9H,(H,10,11). The molecule has 0 aromatic heterocycles. The van der Waals surface area contributed by atoms with Crippen LogP contribution in [-0.4, -0.2) is 11.2 Å². The SMILES string of the molecule is O=C(O)NSc1ccc(Cl)cc1. The van der Waals surface area contributed by atoms with E-state index in [0.717, 1.165) is 16.8 Å². The number of rotatable bonds is 2. The van der Waals surface area contributed by atoms with E-state index >= 15 is 0 Å². The normalized spacial score (nSPS) is 9.42. The van der Waals surface area contributed by atoms with Gasteiger partial charge in [0.15, 0.2) is 0 Å². The molecule has 0 aliphatic heterocycles. The summed E-state index contributed by atoms with van der Waals surface area (Å²) >= 11 is 6.66. The van der Waals surface area contributed by atoms with Crippen LogP contribution in [0.5, 0.6) is 0 Å². The van der Waals surface area contributed by atoms with Crippen molar-refractivity contribution in [1.82, 2.24) is 4.72 Å². The summed E-state index contributed by atoms with van der Waals surface area (Å²) in [6.07, 6.45) is -1.06. The summed E-state index contributed by atoms with van der Waals surface area (Å²) in [7, 11) is 0. The molecule has 2 N–H and O–H groups in total. The lowest BCUT2D eigenvalue weighted by molar-refractivity contribution is 0.202. The molecule has 0 fully saturated rings. The van der Waals surface area contributed by atoms with Gasteiger partial charge in [0, 0.05) is 9.92 Å². The number of hydrogen-bond donors (Lipinski definition) is 2. The smallest absolute Gasteiger partial charge is 0.415 e. The van der Waals surface area contributed by atoms with Crippen molar-refractivity contribution >= 4 is 29.6 Å². The summed E-state index contributed by atoms with van der Waals surface area (Å²) in [4.78, 5) is 10.9. The molecule has 64 valence electrons. The van der Waals surface area contributed by atoms with Crippen LogP contribution in [0.1, 0.15) is 0 Å². The number of amides is 1. The second-order valence-corrected chi connectivity index (χ2v) is 3.28. The van der Waals surface area contributed by atoms with Crippen LogP contribution in [0.15, 0.2) is 29.2 Å². The maximum absolute atomic E-state index is 10.1. The molecule has 0 saturated heterocycles. The minimum atomic E-state index is -1.06. The van der Waals surface area contributed by atoms with Crippen molar-refractivity contribution in [2.24, 2.45) is 0 Å². The third kappa shape index (κ3) is 3.02. The molecular formula is C7H6ClNO2S. The Balaban J connectivity index is 2.53. The lowest BCUT2D eigenvalue weighted by atomic mass is 10.4. The second-order valence-electron chi connectivity index (χ2n) is 1.96. The van der Waals surface area contributed by atoms with Gasteiger partial charge in [0.25, 0.3) is 0 Å². The van der Waals surface area contributed by atoms with Crippen LogP contribution < -0.4 is 4.72 Å². The first-order valence-corrected chi connectivity index (χ1v) is 4.29. The molecule has 1 aromatic rings. The largest absolute Gasteiger partial charge is 0.464 e. The molecule has 0 aliphatic rings. The molecule has 0 spiro atoms. The van der Waals surface area contributed by atoms with Crippen LogP contribution in [0.4, 0.5) is 4.79 Å². The molecular weight excluding hydrogens is 198 g/mol. The van der Waals surface area contributed by atoms with Crippen molar-refractivity contribution in [2.75, 3.05) is 0 Å². The molecule has 5 heteroatoms. The molecule has 0 unspecified atom stereocenters. The molecule has 0 heterocycles. The Labute approximate surface area is 78.9 Å². The summed E-state index contributed by atoms with van der Waals surface area (Å²) in [5, 5.41) is 8.91. The summed E-state index contributed by atoms with van der Waals surface area (Å²) in [6.45, 7) is 0. The van der Waals surface area contributed by atoms with E-state index in [4.69, 9.17) is 16.7 Å². The van der Waals surface area contributed by atoms with Gasteiger partial charge in [0.05, 0.1) is 0 Å². The van der Waals surface area contributed by atoms with Gasteiger partial charge in [-0.1, -0.05) is 11.6 Å². The third-order valence-corrected chi connectivity index (χ3v) is 2.11. The zero-order valence-corrected chi connectivity index (χ0v) is 7.52. The first-order chi connectivity index (χ1) is 5.68. The average molecular weight is 204 g/mol. The Morgan fingerprint density at radius 2 is 2.00 bits per heavy atom. The van der Waals surface area contributed by atoms with Crippen LogP contribution in [-0.2, 0) is 0 Å². The van der Waals surface area contributed by atoms with Crippen molar-refractivity contribution in [3.05, 3.63) is 29.3 Å². The van der Waals surface area contributed by atoms with Gasteiger partial charge in [0.2, 0.25) is 0 Å². The molecule has 0 bridgehead atoms. The van der Waals surface area contributed by atoms with Gasteiger partial charge in [0.1, 0.15) is 0 Å². The highest BCUT2D eigenvalue weighted by atomic mass is 35.5. The Bertz CT molecular complexity index is 275. The maximum atomic E-state index is 10.1. The van der Waals surface area contributed by atoms with Crippen LogP contribution in [0, 0.1) is 0 Å². The Hall–Kier alpha value is -0.870. The fraction of sp³-hybridized carbons (Fsp3) is 0. The molecule has 1 aromatic carbocycles. The Morgan fingerprint density at radius 3 is 2.50 bits per heavy atom. The fourth-order valence-corrected chi connectivity index (χ4v) is 1.21. The molecule has 0 radical (unpaired) electrons. The summed E-state index contributed by atoms with van der Waals surface area (Å²) in [6, 6.07) is 6.88. The predicted octanol–water partition coefficient (Wildman–Crippen LogP) is 2.61. The number of halogens is 1. The lowest BCUT2D eigenvalue weighted by Gasteiger charge is -1.98. The minimum Gasteiger partial charge on any atom is -0.464 e. The summed E-state index contributed by atoms with van der Waals surface area (Å²) < 4.78 is 2.17. The van der Waals surface area contributed by atoms with E-state index in [-0.39, 0.29) is 0 Å². The summed E-state index contributed by atoms with van der Waals surface area (Å²) in [5.41, 5.74) is 0. The predicted molar refractivity (Wildman–Crippen MR) is 48.5 cm³/mol. The zero-order valence-electron chi connectivity index (χ0n) is 5.95. The molecule has 0 aliphatic carbocycles. The van der Waals surface area contributed by atoms with E-state index in [2.05, 4.69) is 4.72 Å². The molecule has 1 amide bonds. The van der Waals surface area contributed by atoms with E-state index in [0.29, 0.717) is 5.02 Å². The van der Waals surface area contributed by atoms with Gasteiger partial charge in [-0.05, 0) is 36.2 Å². The van der Waals surface area contributed by atoms with E-state index in [1.165, 1.54) is 0 Å². The average Bonchev–Trinajstić information content (AvgIpc) is 2.03. The van der Waals surface area contributed by atoms with Crippen molar-refractivity contribution in [1.29, 1.82) is 0 Å². The van der Waals surface area contributed by atoms with Gasteiger partial charge >= 0.3 is 6.09 Å². The number of carbonyl (C=O) groups is 1. The van der Waals surface area contributed by atoms with Crippen LogP contribution in [0.2, 0.25) is 5.02 Å². The topological polar surface area (TPSA) is 49.3 Å². The van der Waals surface area contributed by atoms with E-state index in [1.54, 1.807) is 24.3 Å². The van der Waals surface area contributed by atoms with Gasteiger partial charge in [-0.15, -0.1) is 0 Å². The van der Waals surface area contributed by atoms with Crippen molar-refractivity contribution in [2.45, 2.75) is 4.90 Å². The molecule has 3 nitrogen and oxygen atoms in total. The molecule has 0 atom stereocenters. The Morgan fingerprint density at radius 1 is 1.42 bits per heavy atom.